The number of ether oxygens (including phenoxy) is 1. The predicted octanol–water partition coefficient (Wildman–Crippen LogP) is 3.22. The normalized spacial score (nSPS) is 14.1. The SMILES string of the molecule is Cc1ccc(-n2ccnc2N2CCN(C(=O)COc3ccccc3C)CC2)cc1. The van der Waals surface area contributed by atoms with Crippen LogP contribution in [0.1, 0.15) is 11.1 Å². The number of anilines is 1. The summed E-state index contributed by atoms with van der Waals surface area (Å²) in [5, 5.41) is 0. The number of amides is 1. The van der Waals surface area contributed by atoms with Gasteiger partial charge in [0.05, 0.1) is 0 Å². The summed E-state index contributed by atoms with van der Waals surface area (Å²) in [4.78, 5) is 21.2. The lowest BCUT2D eigenvalue weighted by atomic mass is 10.2. The molecule has 29 heavy (non-hydrogen) atoms. The molecule has 1 aliphatic rings. The van der Waals surface area contributed by atoms with Gasteiger partial charge in [-0.05, 0) is 37.6 Å². The summed E-state index contributed by atoms with van der Waals surface area (Å²) in [7, 11) is 0. The van der Waals surface area contributed by atoms with Crippen LogP contribution in [-0.2, 0) is 4.79 Å². The fourth-order valence-corrected chi connectivity index (χ4v) is 3.54. The first kappa shape index (κ1) is 19.1. The molecule has 0 bridgehead atoms. The molecule has 2 aromatic carbocycles. The van der Waals surface area contributed by atoms with Crippen molar-refractivity contribution in [3.63, 3.8) is 0 Å². The van der Waals surface area contributed by atoms with E-state index in [-0.39, 0.29) is 12.5 Å². The molecular formula is C23H26N4O2. The van der Waals surface area contributed by atoms with Crippen LogP contribution in [0, 0.1) is 13.8 Å². The summed E-state index contributed by atoms with van der Waals surface area (Å²) < 4.78 is 7.81. The zero-order valence-electron chi connectivity index (χ0n) is 16.9. The first-order valence-corrected chi connectivity index (χ1v) is 9.93. The largest absolute Gasteiger partial charge is 0.484 e. The summed E-state index contributed by atoms with van der Waals surface area (Å²) >= 11 is 0. The van der Waals surface area contributed by atoms with Gasteiger partial charge in [0.25, 0.3) is 5.91 Å². The lowest BCUT2D eigenvalue weighted by molar-refractivity contribution is -0.133. The third-order valence-corrected chi connectivity index (χ3v) is 5.29. The van der Waals surface area contributed by atoms with Crippen LogP contribution >= 0.6 is 0 Å². The topological polar surface area (TPSA) is 50.6 Å². The van der Waals surface area contributed by atoms with Crippen molar-refractivity contribution in [2.24, 2.45) is 0 Å². The third-order valence-electron chi connectivity index (χ3n) is 5.29. The smallest absolute Gasteiger partial charge is 0.260 e. The maximum Gasteiger partial charge on any atom is 0.260 e. The van der Waals surface area contributed by atoms with Crippen molar-refractivity contribution in [2.45, 2.75) is 13.8 Å². The van der Waals surface area contributed by atoms with Crippen LogP contribution in [0.15, 0.2) is 60.9 Å². The Morgan fingerprint density at radius 2 is 1.72 bits per heavy atom. The number of carbonyl (C=O) groups is 1. The number of carbonyl (C=O) groups excluding carboxylic acids is 1. The van der Waals surface area contributed by atoms with Crippen molar-refractivity contribution in [3.05, 3.63) is 72.1 Å². The first-order chi connectivity index (χ1) is 14.1. The molecule has 0 N–H and O–H groups in total. The van der Waals surface area contributed by atoms with E-state index in [0.717, 1.165) is 36.0 Å². The minimum Gasteiger partial charge on any atom is -0.484 e. The molecule has 1 fully saturated rings. The molecule has 4 rings (SSSR count). The van der Waals surface area contributed by atoms with E-state index in [2.05, 4.69) is 45.6 Å². The molecule has 1 amide bonds. The van der Waals surface area contributed by atoms with E-state index >= 15 is 0 Å². The van der Waals surface area contributed by atoms with Crippen LogP contribution < -0.4 is 9.64 Å². The molecule has 0 aliphatic carbocycles. The van der Waals surface area contributed by atoms with Gasteiger partial charge in [-0.25, -0.2) is 4.98 Å². The molecule has 0 atom stereocenters. The third kappa shape index (κ3) is 4.26. The minimum absolute atomic E-state index is 0.0229. The van der Waals surface area contributed by atoms with Crippen LogP contribution in [0.25, 0.3) is 5.69 Å². The van der Waals surface area contributed by atoms with Gasteiger partial charge in [0.15, 0.2) is 6.61 Å². The molecule has 1 saturated heterocycles. The zero-order valence-corrected chi connectivity index (χ0v) is 16.9. The molecule has 1 aromatic heterocycles. The van der Waals surface area contributed by atoms with E-state index in [1.54, 1.807) is 0 Å². The molecule has 2 heterocycles. The minimum atomic E-state index is 0.0229. The summed E-state index contributed by atoms with van der Waals surface area (Å²) in [6.07, 6.45) is 3.80. The maximum atomic E-state index is 12.6. The molecule has 1 aliphatic heterocycles. The molecule has 0 spiro atoms. The van der Waals surface area contributed by atoms with Crippen LogP contribution in [0.3, 0.4) is 0 Å². The van der Waals surface area contributed by atoms with Gasteiger partial charge in [-0.2, -0.15) is 0 Å². The summed E-state index contributed by atoms with van der Waals surface area (Å²) in [6.45, 7) is 6.96. The number of aromatic nitrogens is 2. The van der Waals surface area contributed by atoms with E-state index in [9.17, 15) is 4.79 Å². The van der Waals surface area contributed by atoms with Gasteiger partial charge in [0, 0.05) is 44.3 Å². The number of nitrogens with zero attached hydrogens (tertiary/aromatic N) is 4. The Hall–Kier alpha value is -3.28. The Morgan fingerprint density at radius 1 is 1.00 bits per heavy atom. The average Bonchev–Trinajstić information content (AvgIpc) is 3.23. The Balaban J connectivity index is 1.35. The van der Waals surface area contributed by atoms with Gasteiger partial charge >= 0.3 is 0 Å². The summed E-state index contributed by atoms with van der Waals surface area (Å²) in [6, 6.07) is 16.2. The zero-order chi connectivity index (χ0) is 20.2. The second kappa shape index (κ2) is 8.39. The lowest BCUT2D eigenvalue weighted by Gasteiger charge is -2.35. The lowest BCUT2D eigenvalue weighted by Crippen LogP contribution is -2.50. The van der Waals surface area contributed by atoms with Gasteiger partial charge in [-0.15, -0.1) is 0 Å². The highest BCUT2D eigenvalue weighted by Crippen LogP contribution is 2.20. The fraction of sp³-hybridized carbons (Fsp3) is 0.304. The van der Waals surface area contributed by atoms with Gasteiger partial charge in [0.1, 0.15) is 5.75 Å². The molecule has 0 radical (unpaired) electrons. The number of benzene rings is 2. The fourth-order valence-electron chi connectivity index (χ4n) is 3.54. The highest BCUT2D eigenvalue weighted by atomic mass is 16.5. The number of rotatable bonds is 5. The monoisotopic (exact) mass is 390 g/mol. The second-order valence-corrected chi connectivity index (χ2v) is 7.35. The number of hydrogen-bond donors (Lipinski definition) is 0. The molecule has 6 heteroatoms. The molecule has 150 valence electrons. The highest BCUT2D eigenvalue weighted by Gasteiger charge is 2.24. The van der Waals surface area contributed by atoms with E-state index in [4.69, 9.17) is 4.74 Å². The van der Waals surface area contributed by atoms with Crippen molar-refractivity contribution in [2.75, 3.05) is 37.7 Å². The molecule has 0 saturated carbocycles. The Labute approximate surface area is 171 Å². The van der Waals surface area contributed by atoms with Crippen LogP contribution in [0.4, 0.5) is 5.95 Å². The predicted molar refractivity (Wildman–Crippen MR) is 114 cm³/mol. The van der Waals surface area contributed by atoms with Crippen LogP contribution in [0.2, 0.25) is 0 Å². The van der Waals surface area contributed by atoms with Crippen LogP contribution in [0.5, 0.6) is 5.75 Å². The Kier molecular flexibility index (Phi) is 5.51. The highest BCUT2D eigenvalue weighted by molar-refractivity contribution is 5.78. The molecule has 0 unspecified atom stereocenters. The quantitative estimate of drug-likeness (QED) is 0.671. The maximum absolute atomic E-state index is 12.6. The average molecular weight is 390 g/mol. The first-order valence-electron chi connectivity index (χ1n) is 9.93. The molecule has 6 nitrogen and oxygen atoms in total. The number of para-hydroxylation sites is 1. The Bertz CT molecular complexity index is 973. The number of piperazine rings is 1. The summed E-state index contributed by atoms with van der Waals surface area (Å²) in [5.74, 6) is 1.70. The molecule has 3 aromatic rings. The van der Waals surface area contributed by atoms with Crippen molar-refractivity contribution in [1.82, 2.24) is 14.5 Å². The number of aryl methyl sites for hydroxylation is 2. The van der Waals surface area contributed by atoms with Crippen molar-refractivity contribution in [1.29, 1.82) is 0 Å². The van der Waals surface area contributed by atoms with Crippen molar-refractivity contribution in [3.8, 4) is 11.4 Å². The summed E-state index contributed by atoms with van der Waals surface area (Å²) in [5.41, 5.74) is 3.36. The van der Waals surface area contributed by atoms with E-state index in [0.29, 0.717) is 13.1 Å². The van der Waals surface area contributed by atoms with E-state index < -0.39 is 0 Å². The second-order valence-electron chi connectivity index (χ2n) is 7.35. The van der Waals surface area contributed by atoms with Gasteiger partial charge in [-0.3, -0.25) is 9.36 Å². The van der Waals surface area contributed by atoms with E-state index in [1.165, 1.54) is 5.56 Å². The molecular weight excluding hydrogens is 364 g/mol. The van der Waals surface area contributed by atoms with Gasteiger partial charge in [0.2, 0.25) is 5.95 Å². The Morgan fingerprint density at radius 3 is 2.45 bits per heavy atom. The standard InChI is InChI=1S/C23H26N4O2/c1-18-7-9-20(10-8-18)27-12-11-24-23(27)26-15-13-25(14-16-26)22(28)17-29-21-6-4-3-5-19(21)2/h3-12H,13-17H2,1-2H3. The van der Waals surface area contributed by atoms with Gasteiger partial charge in [-0.1, -0.05) is 35.9 Å². The number of hydrogen-bond acceptors (Lipinski definition) is 4. The van der Waals surface area contributed by atoms with Crippen molar-refractivity contribution < 1.29 is 9.53 Å². The van der Waals surface area contributed by atoms with Gasteiger partial charge < -0.3 is 14.5 Å². The van der Waals surface area contributed by atoms with E-state index in [1.807, 2.05) is 48.5 Å². The van der Waals surface area contributed by atoms with Crippen LogP contribution in [-0.4, -0.2) is 53.1 Å². The number of imidazole rings is 1. The van der Waals surface area contributed by atoms with Crippen molar-refractivity contribution >= 4 is 11.9 Å².